The molecule has 0 fully saturated rings. The largest absolute Gasteiger partial charge is 0.293 e. The molecule has 4 nitrogen and oxygen atoms in total. The zero-order valence-corrected chi connectivity index (χ0v) is 9.54. The Hall–Kier alpha value is -0.940. The van der Waals surface area contributed by atoms with E-state index in [1.807, 2.05) is 13.8 Å². The third-order valence-electron chi connectivity index (χ3n) is 1.34. The lowest BCUT2D eigenvalue weighted by Gasteiger charge is -2.07. The van der Waals surface area contributed by atoms with Crippen LogP contribution >= 0.6 is 15.9 Å². The van der Waals surface area contributed by atoms with Crippen LogP contribution in [0.1, 0.15) is 24.3 Å². The van der Waals surface area contributed by atoms with Crippen molar-refractivity contribution in [1.29, 1.82) is 0 Å². The maximum Gasteiger partial charge on any atom is 0.293 e. The molecular weight excluding hydrogens is 248 g/mol. The van der Waals surface area contributed by atoms with Gasteiger partial charge >= 0.3 is 0 Å². The minimum Gasteiger partial charge on any atom is -0.271 e. The van der Waals surface area contributed by atoms with Gasteiger partial charge in [-0.25, -0.2) is 10.5 Å². The third-order valence-corrected chi connectivity index (χ3v) is 1.78. The van der Waals surface area contributed by atoms with E-state index in [-0.39, 0.29) is 12.0 Å². The summed E-state index contributed by atoms with van der Waals surface area (Å²) in [5.74, 6) is -0.347. The van der Waals surface area contributed by atoms with Gasteiger partial charge in [-0.2, -0.15) is 0 Å². The van der Waals surface area contributed by atoms with Crippen LogP contribution in [0.5, 0.6) is 0 Å². The molecule has 0 aliphatic heterocycles. The van der Waals surface area contributed by atoms with Gasteiger partial charge in [0.15, 0.2) is 0 Å². The molecule has 1 aromatic heterocycles. The van der Waals surface area contributed by atoms with Crippen LogP contribution in [0.15, 0.2) is 22.8 Å². The zero-order valence-electron chi connectivity index (χ0n) is 7.95. The maximum atomic E-state index is 11.4. The highest BCUT2D eigenvalue weighted by Crippen LogP contribution is 2.05. The Labute approximate surface area is 90.8 Å². The number of hydrogen-bond donors (Lipinski definition) is 1. The molecule has 0 atom stereocenters. The fraction of sp³-hybridized carbons (Fsp3) is 0.333. The highest BCUT2D eigenvalue weighted by atomic mass is 79.9. The number of carbonyl (C=O) groups is 1. The molecule has 1 rings (SSSR count). The monoisotopic (exact) mass is 258 g/mol. The number of pyridine rings is 1. The van der Waals surface area contributed by atoms with E-state index in [1.54, 1.807) is 18.2 Å². The summed E-state index contributed by atoms with van der Waals surface area (Å²) in [6.07, 6.45) is -0.0499. The van der Waals surface area contributed by atoms with E-state index in [4.69, 9.17) is 4.84 Å². The molecule has 0 aliphatic carbocycles. The normalized spacial score (nSPS) is 10.3. The van der Waals surface area contributed by atoms with Crippen molar-refractivity contribution >= 4 is 21.8 Å². The van der Waals surface area contributed by atoms with Crippen molar-refractivity contribution in [2.45, 2.75) is 20.0 Å². The Morgan fingerprint density at radius 1 is 1.57 bits per heavy atom. The number of nitrogens with one attached hydrogen (secondary N) is 1. The summed E-state index contributed by atoms with van der Waals surface area (Å²) in [6.45, 7) is 3.66. The van der Waals surface area contributed by atoms with Gasteiger partial charge in [-0.3, -0.25) is 9.63 Å². The number of nitrogens with zero attached hydrogens (tertiary/aromatic N) is 1. The molecular formula is C9H11BrN2O2. The van der Waals surface area contributed by atoms with E-state index >= 15 is 0 Å². The van der Waals surface area contributed by atoms with Gasteiger partial charge in [0.05, 0.1) is 6.10 Å². The number of amides is 1. The van der Waals surface area contributed by atoms with Crippen LogP contribution in [-0.4, -0.2) is 17.0 Å². The van der Waals surface area contributed by atoms with Gasteiger partial charge in [0, 0.05) is 0 Å². The first-order valence-electron chi connectivity index (χ1n) is 4.18. The van der Waals surface area contributed by atoms with Crippen LogP contribution in [0.2, 0.25) is 0 Å². The minimum atomic E-state index is -0.347. The zero-order chi connectivity index (χ0) is 10.6. The van der Waals surface area contributed by atoms with Crippen LogP contribution in [0, 0.1) is 0 Å². The Kier molecular flexibility index (Phi) is 4.03. The van der Waals surface area contributed by atoms with Crippen LogP contribution in [-0.2, 0) is 4.84 Å². The van der Waals surface area contributed by atoms with E-state index in [9.17, 15) is 4.79 Å². The van der Waals surface area contributed by atoms with Gasteiger partial charge in [-0.1, -0.05) is 6.07 Å². The summed E-state index contributed by atoms with van der Waals surface area (Å²) in [7, 11) is 0. The summed E-state index contributed by atoms with van der Waals surface area (Å²) in [6, 6.07) is 5.10. The molecule has 0 saturated heterocycles. The number of aromatic nitrogens is 1. The number of carbonyl (C=O) groups excluding carboxylic acids is 1. The predicted molar refractivity (Wildman–Crippen MR) is 55.6 cm³/mol. The maximum absolute atomic E-state index is 11.4. The second-order valence-corrected chi connectivity index (χ2v) is 3.76. The smallest absolute Gasteiger partial charge is 0.271 e. The fourth-order valence-electron chi connectivity index (χ4n) is 0.758. The van der Waals surface area contributed by atoms with Crippen LogP contribution < -0.4 is 5.48 Å². The van der Waals surface area contributed by atoms with Crippen molar-refractivity contribution in [2.75, 3.05) is 0 Å². The minimum absolute atomic E-state index is 0.0499. The van der Waals surface area contributed by atoms with Crippen molar-refractivity contribution in [3.63, 3.8) is 0 Å². The molecule has 0 aliphatic rings. The average Bonchev–Trinajstić information content (AvgIpc) is 2.14. The van der Waals surface area contributed by atoms with E-state index < -0.39 is 0 Å². The van der Waals surface area contributed by atoms with Crippen LogP contribution in [0.3, 0.4) is 0 Å². The summed E-state index contributed by atoms with van der Waals surface area (Å²) in [5, 5.41) is 0. The quantitative estimate of drug-likeness (QED) is 0.666. The highest BCUT2D eigenvalue weighted by Gasteiger charge is 2.07. The Balaban J connectivity index is 2.61. The molecule has 1 amide bonds. The number of rotatable bonds is 3. The molecule has 0 unspecified atom stereocenters. The Morgan fingerprint density at radius 2 is 2.29 bits per heavy atom. The van der Waals surface area contributed by atoms with Gasteiger partial charge in [0.2, 0.25) is 0 Å². The second-order valence-electron chi connectivity index (χ2n) is 2.94. The summed E-state index contributed by atoms with van der Waals surface area (Å²) >= 11 is 3.18. The molecule has 1 N–H and O–H groups in total. The molecule has 0 saturated carbocycles. The van der Waals surface area contributed by atoms with E-state index in [0.717, 1.165) is 0 Å². The SMILES string of the molecule is CC(C)ONC(=O)c1cccc(Br)n1. The summed E-state index contributed by atoms with van der Waals surface area (Å²) < 4.78 is 0.620. The van der Waals surface area contributed by atoms with Crippen LogP contribution in [0.4, 0.5) is 0 Å². The Morgan fingerprint density at radius 3 is 2.86 bits per heavy atom. The lowest BCUT2D eigenvalue weighted by molar-refractivity contribution is -0.000146. The highest BCUT2D eigenvalue weighted by molar-refractivity contribution is 9.10. The first-order chi connectivity index (χ1) is 6.59. The van der Waals surface area contributed by atoms with Crippen molar-refractivity contribution in [3.8, 4) is 0 Å². The topological polar surface area (TPSA) is 51.2 Å². The molecule has 0 spiro atoms. The second kappa shape index (κ2) is 5.07. The molecule has 0 radical (unpaired) electrons. The molecule has 5 heteroatoms. The third kappa shape index (κ3) is 3.43. The fourth-order valence-corrected chi connectivity index (χ4v) is 1.10. The van der Waals surface area contributed by atoms with Gasteiger partial charge < -0.3 is 0 Å². The van der Waals surface area contributed by atoms with Gasteiger partial charge in [0.25, 0.3) is 5.91 Å². The first kappa shape index (κ1) is 11.1. The van der Waals surface area contributed by atoms with Crippen molar-refractivity contribution in [2.24, 2.45) is 0 Å². The Bertz CT molecular complexity index is 328. The molecule has 0 aromatic carbocycles. The predicted octanol–water partition coefficient (Wildman–Crippen LogP) is 1.91. The first-order valence-corrected chi connectivity index (χ1v) is 4.97. The number of hydroxylamine groups is 1. The summed E-state index contributed by atoms with van der Waals surface area (Å²) in [4.78, 5) is 20.3. The summed E-state index contributed by atoms with van der Waals surface area (Å²) in [5.41, 5.74) is 2.62. The van der Waals surface area contributed by atoms with Crippen LogP contribution in [0.25, 0.3) is 0 Å². The van der Waals surface area contributed by atoms with Crippen molar-refractivity contribution < 1.29 is 9.63 Å². The number of halogens is 1. The lowest BCUT2D eigenvalue weighted by atomic mass is 10.3. The average molecular weight is 259 g/mol. The molecule has 1 aromatic rings. The van der Waals surface area contributed by atoms with Crippen molar-refractivity contribution in [1.82, 2.24) is 10.5 Å². The number of hydrogen-bond acceptors (Lipinski definition) is 3. The van der Waals surface area contributed by atoms with Gasteiger partial charge in [-0.15, -0.1) is 0 Å². The van der Waals surface area contributed by atoms with E-state index in [0.29, 0.717) is 10.3 Å². The van der Waals surface area contributed by atoms with Gasteiger partial charge in [0.1, 0.15) is 10.3 Å². The molecule has 1 heterocycles. The molecule has 76 valence electrons. The van der Waals surface area contributed by atoms with E-state index in [1.165, 1.54) is 0 Å². The van der Waals surface area contributed by atoms with Crippen molar-refractivity contribution in [3.05, 3.63) is 28.5 Å². The molecule has 0 bridgehead atoms. The van der Waals surface area contributed by atoms with Gasteiger partial charge in [-0.05, 0) is 41.9 Å². The lowest BCUT2D eigenvalue weighted by Crippen LogP contribution is -2.27. The molecule has 14 heavy (non-hydrogen) atoms. The van der Waals surface area contributed by atoms with E-state index in [2.05, 4.69) is 26.4 Å². The standard InChI is InChI=1S/C9H11BrN2O2/c1-6(2)14-12-9(13)7-4-3-5-8(10)11-7/h3-6H,1-2H3,(H,12,13).